The molecule has 0 unspecified atom stereocenters. The zero-order chi connectivity index (χ0) is 20.9. The van der Waals surface area contributed by atoms with Crippen LogP contribution in [0.2, 0.25) is 0 Å². The highest BCUT2D eigenvalue weighted by Crippen LogP contribution is 2.22. The molecule has 0 saturated heterocycles. The van der Waals surface area contributed by atoms with Gasteiger partial charge in [0.2, 0.25) is 0 Å². The Morgan fingerprint density at radius 2 is 1.54 bits per heavy atom. The molecule has 0 bridgehead atoms. The number of carbonyl (C=O) groups is 2. The van der Waals surface area contributed by atoms with Gasteiger partial charge in [-0.15, -0.1) is 0 Å². The Kier molecular flexibility index (Phi) is 6.96. The largest absolute Gasteiger partial charge is 0.339 e. The molecular weight excluding hydrogens is 376 g/mol. The Morgan fingerprint density at radius 3 is 2.07 bits per heavy atom. The van der Waals surface area contributed by atoms with E-state index in [0.29, 0.717) is 24.3 Å². The van der Waals surface area contributed by atoms with Crippen LogP contribution in [0.15, 0.2) is 53.4 Å². The molecular formula is C21H26N2O4S. The number of anilines is 1. The fraction of sp³-hybridized carbons (Fsp3) is 0.333. The molecule has 0 saturated carbocycles. The maximum atomic E-state index is 12.7. The van der Waals surface area contributed by atoms with Gasteiger partial charge in [-0.2, -0.15) is 0 Å². The first kappa shape index (κ1) is 21.6. The van der Waals surface area contributed by atoms with E-state index in [-0.39, 0.29) is 16.4 Å². The second-order valence-electron chi connectivity index (χ2n) is 6.60. The molecule has 2 aromatic rings. The van der Waals surface area contributed by atoms with Gasteiger partial charge in [0, 0.05) is 24.3 Å². The van der Waals surface area contributed by atoms with E-state index in [2.05, 4.69) is 5.32 Å². The Morgan fingerprint density at radius 1 is 0.964 bits per heavy atom. The Balaban J connectivity index is 2.24. The summed E-state index contributed by atoms with van der Waals surface area (Å²) in [5.41, 5.74) is 1.11. The van der Waals surface area contributed by atoms with Gasteiger partial charge in [0.1, 0.15) is 0 Å². The molecule has 0 aromatic heterocycles. The van der Waals surface area contributed by atoms with Crippen molar-refractivity contribution in [2.75, 3.05) is 18.4 Å². The fourth-order valence-corrected chi connectivity index (χ4v) is 3.99. The van der Waals surface area contributed by atoms with E-state index in [9.17, 15) is 18.0 Å². The monoisotopic (exact) mass is 402 g/mol. The summed E-state index contributed by atoms with van der Waals surface area (Å²) < 4.78 is 25.1. The molecule has 2 rings (SSSR count). The van der Waals surface area contributed by atoms with Crippen molar-refractivity contribution in [3.63, 3.8) is 0 Å². The zero-order valence-corrected chi connectivity index (χ0v) is 17.4. The van der Waals surface area contributed by atoms with Crippen LogP contribution in [0, 0.1) is 0 Å². The van der Waals surface area contributed by atoms with Gasteiger partial charge < -0.3 is 10.2 Å². The summed E-state index contributed by atoms with van der Waals surface area (Å²) in [6.07, 6.45) is 0. The summed E-state index contributed by atoms with van der Waals surface area (Å²) in [5.74, 6) is -0.584. The fourth-order valence-electron chi connectivity index (χ4n) is 2.74. The lowest BCUT2D eigenvalue weighted by Crippen LogP contribution is -2.30. The minimum absolute atomic E-state index is 0.0100. The highest BCUT2D eigenvalue weighted by molar-refractivity contribution is 7.92. The third-order valence-corrected chi connectivity index (χ3v) is 6.71. The van der Waals surface area contributed by atoms with Crippen molar-refractivity contribution in [2.24, 2.45) is 0 Å². The van der Waals surface area contributed by atoms with Gasteiger partial charge >= 0.3 is 0 Å². The quantitative estimate of drug-likeness (QED) is 0.767. The van der Waals surface area contributed by atoms with Crippen LogP contribution in [0.25, 0.3) is 0 Å². The van der Waals surface area contributed by atoms with E-state index in [1.807, 2.05) is 13.8 Å². The van der Waals surface area contributed by atoms with E-state index < -0.39 is 21.0 Å². The van der Waals surface area contributed by atoms with Crippen molar-refractivity contribution in [1.82, 2.24) is 4.90 Å². The van der Waals surface area contributed by atoms with Gasteiger partial charge in [0.25, 0.3) is 11.8 Å². The molecule has 0 atom stereocenters. The molecule has 28 heavy (non-hydrogen) atoms. The average molecular weight is 403 g/mol. The Bertz CT molecular complexity index is 947. The second kappa shape index (κ2) is 9.01. The SMILES string of the molecule is CCN(CC)C(=O)c1ccc(NC(=O)c2ccccc2S(=O)(=O)C(C)C)cc1. The molecule has 0 aliphatic carbocycles. The Labute approximate surface area is 166 Å². The van der Waals surface area contributed by atoms with E-state index in [1.165, 1.54) is 12.1 Å². The third-order valence-electron chi connectivity index (χ3n) is 4.50. The third kappa shape index (κ3) is 4.59. The van der Waals surface area contributed by atoms with Crippen LogP contribution in [0.3, 0.4) is 0 Å². The van der Waals surface area contributed by atoms with Crippen LogP contribution in [-0.2, 0) is 9.84 Å². The van der Waals surface area contributed by atoms with Gasteiger partial charge in [-0.1, -0.05) is 12.1 Å². The number of hydrogen-bond acceptors (Lipinski definition) is 4. The molecule has 2 amide bonds. The van der Waals surface area contributed by atoms with E-state index in [0.717, 1.165) is 0 Å². The van der Waals surface area contributed by atoms with Gasteiger partial charge in [0.15, 0.2) is 9.84 Å². The summed E-state index contributed by atoms with van der Waals surface area (Å²) in [5, 5.41) is 2.07. The lowest BCUT2D eigenvalue weighted by atomic mass is 10.1. The summed E-state index contributed by atoms with van der Waals surface area (Å²) in [6, 6.07) is 12.7. The molecule has 0 aliphatic rings. The molecule has 0 heterocycles. The van der Waals surface area contributed by atoms with E-state index in [1.54, 1.807) is 55.1 Å². The molecule has 0 spiro atoms. The first-order valence-electron chi connectivity index (χ1n) is 9.26. The average Bonchev–Trinajstić information content (AvgIpc) is 2.69. The molecule has 6 nitrogen and oxygen atoms in total. The Hall–Kier alpha value is -2.67. The van der Waals surface area contributed by atoms with Crippen molar-refractivity contribution in [3.8, 4) is 0 Å². The number of carbonyl (C=O) groups excluding carboxylic acids is 2. The van der Waals surface area contributed by atoms with Gasteiger partial charge in [-0.25, -0.2) is 8.42 Å². The molecule has 7 heteroatoms. The van der Waals surface area contributed by atoms with E-state index in [4.69, 9.17) is 0 Å². The van der Waals surface area contributed by atoms with Crippen LogP contribution >= 0.6 is 0 Å². The number of amides is 2. The molecule has 0 fully saturated rings. The smallest absolute Gasteiger partial charge is 0.256 e. The van der Waals surface area contributed by atoms with E-state index >= 15 is 0 Å². The minimum atomic E-state index is -3.59. The highest BCUT2D eigenvalue weighted by Gasteiger charge is 2.25. The molecule has 0 radical (unpaired) electrons. The topological polar surface area (TPSA) is 83.6 Å². The first-order valence-corrected chi connectivity index (χ1v) is 10.8. The van der Waals surface area contributed by atoms with Crippen molar-refractivity contribution < 1.29 is 18.0 Å². The van der Waals surface area contributed by atoms with Crippen LogP contribution in [0.5, 0.6) is 0 Å². The van der Waals surface area contributed by atoms with Crippen LogP contribution < -0.4 is 5.32 Å². The normalized spacial score (nSPS) is 11.3. The van der Waals surface area contributed by atoms with Crippen molar-refractivity contribution >= 4 is 27.3 Å². The van der Waals surface area contributed by atoms with Crippen molar-refractivity contribution in [1.29, 1.82) is 0 Å². The number of hydrogen-bond donors (Lipinski definition) is 1. The summed E-state index contributed by atoms with van der Waals surface area (Å²) in [7, 11) is -3.59. The number of sulfone groups is 1. The van der Waals surface area contributed by atoms with Gasteiger partial charge in [0.05, 0.1) is 15.7 Å². The second-order valence-corrected chi connectivity index (χ2v) is 9.07. The molecule has 1 N–H and O–H groups in total. The van der Waals surface area contributed by atoms with Gasteiger partial charge in [-0.3, -0.25) is 9.59 Å². The first-order chi connectivity index (χ1) is 13.2. The van der Waals surface area contributed by atoms with Crippen LogP contribution in [-0.4, -0.2) is 43.5 Å². The molecule has 2 aromatic carbocycles. The van der Waals surface area contributed by atoms with Gasteiger partial charge in [-0.05, 0) is 64.1 Å². The molecule has 150 valence electrons. The zero-order valence-electron chi connectivity index (χ0n) is 16.6. The summed E-state index contributed by atoms with van der Waals surface area (Å²) in [4.78, 5) is 26.7. The maximum absolute atomic E-state index is 12.7. The minimum Gasteiger partial charge on any atom is -0.339 e. The number of nitrogens with zero attached hydrogens (tertiary/aromatic N) is 1. The predicted octanol–water partition coefficient (Wildman–Crippen LogP) is 3.60. The lowest BCUT2D eigenvalue weighted by molar-refractivity contribution is 0.0773. The predicted molar refractivity (Wildman–Crippen MR) is 110 cm³/mol. The summed E-state index contributed by atoms with van der Waals surface area (Å²) >= 11 is 0. The lowest BCUT2D eigenvalue weighted by Gasteiger charge is -2.18. The van der Waals surface area contributed by atoms with Crippen molar-refractivity contribution in [3.05, 3.63) is 59.7 Å². The van der Waals surface area contributed by atoms with Crippen LogP contribution in [0.4, 0.5) is 5.69 Å². The molecule has 0 aliphatic heterocycles. The maximum Gasteiger partial charge on any atom is 0.256 e. The number of benzene rings is 2. The number of rotatable bonds is 7. The highest BCUT2D eigenvalue weighted by atomic mass is 32.2. The van der Waals surface area contributed by atoms with Crippen LogP contribution in [0.1, 0.15) is 48.4 Å². The summed E-state index contributed by atoms with van der Waals surface area (Å²) in [6.45, 7) is 8.23. The number of nitrogens with one attached hydrogen (secondary N) is 1. The van der Waals surface area contributed by atoms with Crippen molar-refractivity contribution in [2.45, 2.75) is 37.8 Å². The standard InChI is InChI=1S/C21H26N2O4S/c1-5-23(6-2)21(25)16-11-13-17(14-12-16)22-20(24)18-9-7-8-10-19(18)28(26,27)15(3)4/h7-15H,5-6H2,1-4H3,(H,22,24).